The van der Waals surface area contributed by atoms with E-state index < -0.39 is 0 Å². The van der Waals surface area contributed by atoms with E-state index in [1.54, 1.807) is 24.3 Å². The molecule has 1 aliphatic carbocycles. The van der Waals surface area contributed by atoms with Crippen molar-refractivity contribution in [3.05, 3.63) is 29.8 Å². The third-order valence-electron chi connectivity index (χ3n) is 3.86. The lowest BCUT2D eigenvalue weighted by molar-refractivity contribution is -0.121. The van der Waals surface area contributed by atoms with Crippen LogP contribution in [0.4, 0.5) is 0 Å². The second-order valence-electron chi connectivity index (χ2n) is 5.63. The molecule has 3 N–H and O–H groups in total. The summed E-state index contributed by atoms with van der Waals surface area (Å²) >= 11 is 0. The second-order valence-corrected chi connectivity index (χ2v) is 5.63. The van der Waals surface area contributed by atoms with Gasteiger partial charge in [-0.15, -0.1) is 12.4 Å². The van der Waals surface area contributed by atoms with Crippen molar-refractivity contribution in [3.8, 4) is 5.75 Å². The zero-order chi connectivity index (χ0) is 15.9. The number of hydrogen-bond acceptors (Lipinski definition) is 4. The molecular weight excluding hydrogens is 316 g/mol. The van der Waals surface area contributed by atoms with Crippen LogP contribution in [0.25, 0.3) is 0 Å². The van der Waals surface area contributed by atoms with E-state index >= 15 is 0 Å². The van der Waals surface area contributed by atoms with Gasteiger partial charge in [-0.2, -0.15) is 0 Å². The molecule has 0 spiro atoms. The Morgan fingerprint density at radius 3 is 2.43 bits per heavy atom. The molecular formula is C17H25ClN2O3. The molecule has 1 aromatic carbocycles. The quantitative estimate of drug-likeness (QED) is 0.676. The summed E-state index contributed by atoms with van der Waals surface area (Å²) in [7, 11) is 0. The first kappa shape index (κ1) is 19.5. The highest BCUT2D eigenvalue weighted by Gasteiger charge is 2.31. The first-order chi connectivity index (χ1) is 10.6. The number of ketones is 1. The third-order valence-corrected chi connectivity index (χ3v) is 3.86. The molecule has 1 unspecified atom stereocenters. The van der Waals surface area contributed by atoms with Crippen molar-refractivity contribution >= 4 is 24.1 Å². The highest BCUT2D eigenvalue weighted by atomic mass is 35.5. The zero-order valence-corrected chi connectivity index (χ0v) is 14.2. The molecule has 0 saturated heterocycles. The maximum atomic E-state index is 12.1. The van der Waals surface area contributed by atoms with E-state index in [1.165, 1.54) is 0 Å². The maximum absolute atomic E-state index is 12.1. The third kappa shape index (κ3) is 6.20. The lowest BCUT2D eigenvalue weighted by Gasteiger charge is -2.15. The van der Waals surface area contributed by atoms with Gasteiger partial charge in [0.05, 0.1) is 6.61 Å². The van der Waals surface area contributed by atoms with Crippen molar-refractivity contribution in [1.29, 1.82) is 0 Å². The molecule has 23 heavy (non-hydrogen) atoms. The molecule has 1 atom stereocenters. The molecule has 2 rings (SSSR count). The van der Waals surface area contributed by atoms with E-state index in [-0.39, 0.29) is 43.0 Å². The molecule has 0 heterocycles. The summed E-state index contributed by atoms with van der Waals surface area (Å²) in [4.78, 5) is 24.0. The zero-order valence-electron chi connectivity index (χ0n) is 13.4. The summed E-state index contributed by atoms with van der Waals surface area (Å²) in [5.74, 6) is 1.14. The Morgan fingerprint density at radius 1 is 1.26 bits per heavy atom. The fraction of sp³-hybridized carbons (Fsp3) is 0.529. The van der Waals surface area contributed by atoms with E-state index in [1.807, 2.05) is 6.92 Å². The van der Waals surface area contributed by atoms with Crippen LogP contribution in [-0.2, 0) is 4.79 Å². The largest absolute Gasteiger partial charge is 0.494 e. The van der Waals surface area contributed by atoms with E-state index in [0.29, 0.717) is 24.6 Å². The van der Waals surface area contributed by atoms with Gasteiger partial charge in [0.15, 0.2) is 5.78 Å². The number of ether oxygens (including phenoxy) is 1. The van der Waals surface area contributed by atoms with Crippen LogP contribution < -0.4 is 15.8 Å². The monoisotopic (exact) mass is 340 g/mol. The van der Waals surface area contributed by atoms with Crippen LogP contribution in [0.3, 0.4) is 0 Å². The Bertz CT molecular complexity index is 515. The summed E-state index contributed by atoms with van der Waals surface area (Å²) in [6.07, 6.45) is 2.68. The Hall–Kier alpha value is -1.59. The van der Waals surface area contributed by atoms with Crippen LogP contribution in [0.5, 0.6) is 5.75 Å². The Labute approximate surface area is 143 Å². The van der Waals surface area contributed by atoms with Crippen molar-refractivity contribution in [1.82, 2.24) is 5.32 Å². The van der Waals surface area contributed by atoms with Gasteiger partial charge >= 0.3 is 0 Å². The summed E-state index contributed by atoms with van der Waals surface area (Å²) in [6, 6.07) is 7.08. The van der Waals surface area contributed by atoms with Crippen molar-refractivity contribution in [2.75, 3.05) is 13.2 Å². The van der Waals surface area contributed by atoms with Crippen molar-refractivity contribution in [2.45, 2.75) is 38.6 Å². The van der Waals surface area contributed by atoms with E-state index in [2.05, 4.69) is 5.32 Å². The first-order valence-corrected chi connectivity index (χ1v) is 7.89. The fourth-order valence-electron chi connectivity index (χ4n) is 2.42. The average Bonchev–Trinajstić information content (AvgIpc) is 3.36. The molecule has 5 nitrogen and oxygen atoms in total. The molecule has 1 aromatic rings. The van der Waals surface area contributed by atoms with Crippen LogP contribution >= 0.6 is 12.4 Å². The highest BCUT2D eigenvalue weighted by Crippen LogP contribution is 2.32. The van der Waals surface area contributed by atoms with Gasteiger partial charge in [0.1, 0.15) is 5.75 Å². The standard InChI is InChI=1S/C17H24N2O3.ClH/c1-2-22-14-7-5-13(6-8-14)16(20)9-10-17(21)19-15(11-18)12-3-4-12;/h5-8,12,15H,2-4,9-11,18H2,1H3,(H,19,21);1H. The maximum Gasteiger partial charge on any atom is 0.220 e. The van der Waals surface area contributed by atoms with Gasteiger partial charge in [-0.25, -0.2) is 0 Å². The number of nitrogens with two attached hydrogens (primary N) is 1. The molecule has 0 radical (unpaired) electrons. The number of hydrogen-bond donors (Lipinski definition) is 2. The number of halogens is 1. The Morgan fingerprint density at radius 2 is 1.91 bits per heavy atom. The van der Waals surface area contributed by atoms with Crippen molar-refractivity contribution < 1.29 is 14.3 Å². The highest BCUT2D eigenvalue weighted by molar-refractivity contribution is 5.98. The molecule has 128 valence electrons. The van der Waals surface area contributed by atoms with Crippen molar-refractivity contribution in [2.24, 2.45) is 11.7 Å². The van der Waals surface area contributed by atoms with Gasteiger partial charge in [0.2, 0.25) is 5.91 Å². The minimum Gasteiger partial charge on any atom is -0.494 e. The predicted molar refractivity (Wildman–Crippen MR) is 92.1 cm³/mol. The lowest BCUT2D eigenvalue weighted by Crippen LogP contribution is -2.41. The topological polar surface area (TPSA) is 81.4 Å². The smallest absolute Gasteiger partial charge is 0.220 e. The van der Waals surface area contributed by atoms with Gasteiger partial charge in [0, 0.05) is 31.0 Å². The average molecular weight is 341 g/mol. The number of nitrogens with one attached hydrogen (secondary N) is 1. The molecule has 0 aromatic heterocycles. The molecule has 0 bridgehead atoms. The van der Waals surface area contributed by atoms with Crippen LogP contribution in [0.2, 0.25) is 0 Å². The summed E-state index contributed by atoms with van der Waals surface area (Å²) < 4.78 is 5.34. The minimum atomic E-state index is -0.0957. The molecule has 1 fully saturated rings. The minimum absolute atomic E-state index is 0. The first-order valence-electron chi connectivity index (χ1n) is 7.89. The van der Waals surface area contributed by atoms with Crippen LogP contribution in [-0.4, -0.2) is 30.9 Å². The number of carbonyl (C=O) groups excluding carboxylic acids is 2. The van der Waals surface area contributed by atoms with E-state index in [9.17, 15) is 9.59 Å². The number of Topliss-reactive ketones (excluding diaryl/α,β-unsaturated/α-hetero) is 1. The molecule has 1 amide bonds. The number of carbonyl (C=O) groups is 2. The predicted octanol–water partition coefficient (Wildman–Crippen LogP) is 2.32. The van der Waals surface area contributed by atoms with Gasteiger partial charge in [-0.3, -0.25) is 9.59 Å². The van der Waals surface area contributed by atoms with Crippen LogP contribution in [0.15, 0.2) is 24.3 Å². The normalized spacial score (nSPS) is 14.5. The second kappa shape index (κ2) is 9.53. The summed E-state index contributed by atoms with van der Waals surface area (Å²) in [6.45, 7) is 2.97. The van der Waals surface area contributed by atoms with Crippen LogP contribution in [0.1, 0.15) is 43.0 Å². The Balaban J connectivity index is 0.00000264. The number of benzene rings is 1. The SMILES string of the molecule is CCOc1ccc(C(=O)CCC(=O)NC(CN)C2CC2)cc1.Cl. The van der Waals surface area contributed by atoms with Gasteiger partial charge in [-0.1, -0.05) is 0 Å². The molecule has 6 heteroatoms. The molecule has 0 aliphatic heterocycles. The van der Waals surface area contributed by atoms with Crippen molar-refractivity contribution in [3.63, 3.8) is 0 Å². The lowest BCUT2D eigenvalue weighted by atomic mass is 10.1. The fourth-order valence-corrected chi connectivity index (χ4v) is 2.42. The number of amides is 1. The van der Waals surface area contributed by atoms with Gasteiger partial charge in [-0.05, 0) is 49.9 Å². The van der Waals surface area contributed by atoms with Crippen LogP contribution in [0, 0.1) is 5.92 Å². The Kier molecular flexibility index (Phi) is 8.06. The number of rotatable bonds is 9. The molecule has 1 aliphatic rings. The summed E-state index contributed by atoms with van der Waals surface area (Å²) in [5.41, 5.74) is 6.26. The van der Waals surface area contributed by atoms with E-state index in [0.717, 1.165) is 18.6 Å². The van der Waals surface area contributed by atoms with Gasteiger partial charge < -0.3 is 15.8 Å². The summed E-state index contributed by atoms with van der Waals surface area (Å²) in [5, 5.41) is 2.93. The van der Waals surface area contributed by atoms with E-state index in [4.69, 9.17) is 10.5 Å². The molecule has 1 saturated carbocycles. The van der Waals surface area contributed by atoms with Gasteiger partial charge in [0.25, 0.3) is 0 Å².